The monoisotopic (exact) mass is 288 g/mol. The van der Waals surface area contributed by atoms with Crippen molar-refractivity contribution in [1.82, 2.24) is 0 Å². The molecule has 8 heteroatoms. The molecule has 0 spiro atoms. The Hall–Kier alpha value is -2.38. The number of esters is 3. The average molecular weight is 288 g/mol. The van der Waals surface area contributed by atoms with Crippen LogP contribution in [0.5, 0.6) is 0 Å². The molecular weight excluding hydrogens is 272 g/mol. The first-order chi connectivity index (χ1) is 9.29. The Bertz CT molecular complexity index is 400. The number of carbonyl (C=O) groups excluding carboxylic acids is 3. The Morgan fingerprint density at radius 3 is 2.20 bits per heavy atom. The minimum atomic E-state index is -1.48. The summed E-state index contributed by atoms with van der Waals surface area (Å²) in [5.41, 5.74) is 0. The van der Waals surface area contributed by atoms with Gasteiger partial charge in [0.05, 0.1) is 0 Å². The fourth-order valence-corrected chi connectivity index (χ4v) is 0.947. The lowest BCUT2D eigenvalue weighted by molar-refractivity contribution is -0.191. The summed E-state index contributed by atoms with van der Waals surface area (Å²) in [7, 11) is 0. The highest BCUT2D eigenvalue weighted by Crippen LogP contribution is 2.07. The third kappa shape index (κ3) is 7.14. The molecule has 2 atom stereocenters. The van der Waals surface area contributed by atoms with Gasteiger partial charge in [0.2, 0.25) is 0 Å². The summed E-state index contributed by atoms with van der Waals surface area (Å²) in [4.78, 5) is 44.1. The number of aliphatic carboxylic acids is 1. The SMILES string of the molecule is C=CC(=O)OC(CC(=O)OC(C)C(=O)O)OC(=O)CC. The van der Waals surface area contributed by atoms with Gasteiger partial charge in [-0.3, -0.25) is 9.59 Å². The van der Waals surface area contributed by atoms with E-state index in [0.29, 0.717) is 0 Å². The molecule has 0 heterocycles. The number of hydrogen-bond donors (Lipinski definition) is 1. The Morgan fingerprint density at radius 1 is 1.15 bits per heavy atom. The number of ether oxygens (including phenoxy) is 3. The third-order valence-corrected chi connectivity index (χ3v) is 1.96. The van der Waals surface area contributed by atoms with Gasteiger partial charge in [0, 0.05) is 12.5 Å². The topological polar surface area (TPSA) is 116 Å². The Kier molecular flexibility index (Phi) is 7.64. The van der Waals surface area contributed by atoms with E-state index >= 15 is 0 Å². The van der Waals surface area contributed by atoms with E-state index in [4.69, 9.17) is 9.84 Å². The summed E-state index contributed by atoms with van der Waals surface area (Å²) in [6.07, 6.45) is -2.61. The van der Waals surface area contributed by atoms with Crippen LogP contribution in [0.15, 0.2) is 12.7 Å². The van der Waals surface area contributed by atoms with E-state index < -0.39 is 42.7 Å². The minimum absolute atomic E-state index is 0.0166. The van der Waals surface area contributed by atoms with Crippen molar-refractivity contribution in [3.8, 4) is 0 Å². The van der Waals surface area contributed by atoms with E-state index in [1.807, 2.05) is 0 Å². The van der Waals surface area contributed by atoms with Crippen molar-refractivity contribution in [2.45, 2.75) is 39.1 Å². The van der Waals surface area contributed by atoms with Crippen LogP contribution in [0.4, 0.5) is 0 Å². The van der Waals surface area contributed by atoms with Crippen LogP contribution >= 0.6 is 0 Å². The number of carbonyl (C=O) groups is 4. The van der Waals surface area contributed by atoms with Gasteiger partial charge >= 0.3 is 23.9 Å². The number of carboxylic acid groups (broad SMARTS) is 1. The molecule has 0 aliphatic carbocycles. The van der Waals surface area contributed by atoms with Gasteiger partial charge in [0.25, 0.3) is 6.29 Å². The van der Waals surface area contributed by atoms with Crippen LogP contribution in [0, 0.1) is 0 Å². The largest absolute Gasteiger partial charge is 0.479 e. The van der Waals surface area contributed by atoms with E-state index in [1.165, 1.54) is 6.92 Å². The molecule has 20 heavy (non-hydrogen) atoms. The zero-order chi connectivity index (χ0) is 15.7. The van der Waals surface area contributed by atoms with E-state index in [9.17, 15) is 19.2 Å². The van der Waals surface area contributed by atoms with E-state index in [-0.39, 0.29) is 6.42 Å². The molecule has 0 aromatic heterocycles. The van der Waals surface area contributed by atoms with Crippen LogP contribution in [0.3, 0.4) is 0 Å². The molecular formula is C12H16O8. The van der Waals surface area contributed by atoms with Gasteiger partial charge in [0.15, 0.2) is 6.10 Å². The maximum Gasteiger partial charge on any atom is 0.344 e. The highest BCUT2D eigenvalue weighted by Gasteiger charge is 2.24. The summed E-state index contributed by atoms with van der Waals surface area (Å²) in [6.45, 7) is 5.82. The predicted molar refractivity (Wildman–Crippen MR) is 64.3 cm³/mol. The second-order valence-corrected chi connectivity index (χ2v) is 3.59. The van der Waals surface area contributed by atoms with Crippen molar-refractivity contribution >= 4 is 23.9 Å². The summed E-state index contributed by atoms with van der Waals surface area (Å²) < 4.78 is 13.9. The molecule has 112 valence electrons. The van der Waals surface area contributed by atoms with Crippen LogP contribution < -0.4 is 0 Å². The van der Waals surface area contributed by atoms with Crippen LogP contribution in [0.2, 0.25) is 0 Å². The molecule has 0 saturated heterocycles. The summed E-state index contributed by atoms with van der Waals surface area (Å²) in [5, 5.41) is 8.57. The van der Waals surface area contributed by atoms with Crippen LogP contribution in [0.1, 0.15) is 26.7 Å². The van der Waals surface area contributed by atoms with Crippen LogP contribution in [-0.2, 0) is 33.4 Å². The molecule has 0 radical (unpaired) electrons. The van der Waals surface area contributed by atoms with Gasteiger partial charge in [-0.25, -0.2) is 9.59 Å². The van der Waals surface area contributed by atoms with Gasteiger partial charge in [0.1, 0.15) is 6.42 Å². The van der Waals surface area contributed by atoms with Crippen molar-refractivity contribution in [3.05, 3.63) is 12.7 Å². The van der Waals surface area contributed by atoms with Crippen LogP contribution in [0.25, 0.3) is 0 Å². The predicted octanol–water partition coefficient (Wildman–Crippen LogP) is 0.401. The number of hydrogen-bond acceptors (Lipinski definition) is 7. The first kappa shape index (κ1) is 17.6. The maximum atomic E-state index is 11.4. The number of rotatable bonds is 8. The van der Waals surface area contributed by atoms with Crippen molar-refractivity contribution < 1.29 is 38.5 Å². The first-order valence-corrected chi connectivity index (χ1v) is 5.74. The third-order valence-electron chi connectivity index (χ3n) is 1.96. The average Bonchev–Trinajstić information content (AvgIpc) is 2.37. The molecule has 0 aromatic rings. The van der Waals surface area contributed by atoms with E-state index in [2.05, 4.69) is 16.1 Å². The summed E-state index contributed by atoms with van der Waals surface area (Å²) >= 11 is 0. The standard InChI is InChI=1S/C12H16O8/c1-4-8(13)19-11(20-9(14)5-2)6-10(15)18-7(3)12(16)17/h4,7,11H,1,5-6H2,2-3H3,(H,16,17). The second-order valence-electron chi connectivity index (χ2n) is 3.59. The maximum absolute atomic E-state index is 11.4. The molecule has 8 nitrogen and oxygen atoms in total. The molecule has 0 bridgehead atoms. The Labute approximate surface area is 115 Å². The number of carboxylic acids is 1. The normalized spacial score (nSPS) is 12.7. The highest BCUT2D eigenvalue weighted by atomic mass is 16.7. The Morgan fingerprint density at radius 2 is 1.75 bits per heavy atom. The molecule has 2 unspecified atom stereocenters. The quantitative estimate of drug-likeness (QED) is 0.387. The molecule has 0 aliphatic heterocycles. The van der Waals surface area contributed by atoms with Gasteiger partial charge in [-0.05, 0) is 6.92 Å². The van der Waals surface area contributed by atoms with E-state index in [0.717, 1.165) is 13.0 Å². The lowest BCUT2D eigenvalue weighted by atomic mass is 10.3. The van der Waals surface area contributed by atoms with Crippen LogP contribution in [-0.4, -0.2) is 41.4 Å². The lowest BCUT2D eigenvalue weighted by Crippen LogP contribution is -2.30. The minimum Gasteiger partial charge on any atom is -0.479 e. The van der Waals surface area contributed by atoms with Gasteiger partial charge in [-0.1, -0.05) is 13.5 Å². The molecule has 0 rings (SSSR count). The van der Waals surface area contributed by atoms with Gasteiger partial charge in [-0.15, -0.1) is 0 Å². The molecule has 0 saturated carbocycles. The zero-order valence-electron chi connectivity index (χ0n) is 11.2. The van der Waals surface area contributed by atoms with Gasteiger partial charge in [-0.2, -0.15) is 0 Å². The molecule has 1 N–H and O–H groups in total. The first-order valence-electron chi connectivity index (χ1n) is 5.74. The zero-order valence-corrected chi connectivity index (χ0v) is 11.2. The molecule has 0 aliphatic rings. The van der Waals surface area contributed by atoms with E-state index in [1.54, 1.807) is 0 Å². The molecule has 0 aromatic carbocycles. The molecule has 0 fully saturated rings. The second kappa shape index (κ2) is 8.68. The van der Waals surface area contributed by atoms with Crippen molar-refractivity contribution in [2.75, 3.05) is 0 Å². The lowest BCUT2D eigenvalue weighted by Gasteiger charge is -2.17. The van der Waals surface area contributed by atoms with Crippen molar-refractivity contribution in [2.24, 2.45) is 0 Å². The summed E-state index contributed by atoms with van der Waals surface area (Å²) in [6, 6.07) is 0. The Balaban J connectivity index is 4.57. The fourth-order valence-electron chi connectivity index (χ4n) is 0.947. The molecule has 0 amide bonds. The summed E-state index contributed by atoms with van der Waals surface area (Å²) in [5.74, 6) is -3.89. The van der Waals surface area contributed by atoms with Gasteiger partial charge < -0.3 is 19.3 Å². The van der Waals surface area contributed by atoms with Crippen molar-refractivity contribution in [1.29, 1.82) is 0 Å². The smallest absolute Gasteiger partial charge is 0.344 e. The highest BCUT2D eigenvalue weighted by molar-refractivity contribution is 5.82. The van der Waals surface area contributed by atoms with Crippen molar-refractivity contribution in [3.63, 3.8) is 0 Å². The fraction of sp³-hybridized carbons (Fsp3) is 0.500.